The van der Waals surface area contributed by atoms with Gasteiger partial charge in [0.1, 0.15) is 0 Å². The SMILES string of the molecule is CC[C@@H](NC(=O)NC1CCN(C(=O)C2CCCCC2)CC1)c1cccs1. The first-order valence-corrected chi connectivity index (χ1v) is 10.9. The Morgan fingerprint density at radius 2 is 1.92 bits per heavy atom. The summed E-state index contributed by atoms with van der Waals surface area (Å²) in [5, 5.41) is 8.22. The van der Waals surface area contributed by atoms with Crippen LogP contribution in [0.1, 0.15) is 69.2 Å². The summed E-state index contributed by atoms with van der Waals surface area (Å²) in [5.41, 5.74) is 0. The number of thiophene rings is 1. The molecule has 144 valence electrons. The normalized spacial score (nSPS) is 20.6. The highest BCUT2D eigenvalue weighted by Gasteiger charge is 2.29. The monoisotopic (exact) mass is 377 g/mol. The van der Waals surface area contributed by atoms with Crippen molar-refractivity contribution in [1.82, 2.24) is 15.5 Å². The van der Waals surface area contributed by atoms with E-state index in [2.05, 4.69) is 23.6 Å². The Bertz CT molecular complexity index is 576. The van der Waals surface area contributed by atoms with Crippen LogP contribution in [0.4, 0.5) is 4.79 Å². The number of likely N-dealkylation sites (tertiary alicyclic amines) is 1. The lowest BCUT2D eigenvalue weighted by molar-refractivity contribution is -0.137. The fraction of sp³-hybridized carbons (Fsp3) is 0.700. The molecule has 2 aliphatic rings. The number of hydrogen-bond donors (Lipinski definition) is 2. The fourth-order valence-corrected chi connectivity index (χ4v) is 4.96. The summed E-state index contributed by atoms with van der Waals surface area (Å²) in [4.78, 5) is 28.2. The molecule has 0 aromatic carbocycles. The number of carbonyl (C=O) groups is 2. The van der Waals surface area contributed by atoms with Gasteiger partial charge >= 0.3 is 6.03 Å². The molecule has 1 aromatic rings. The van der Waals surface area contributed by atoms with Gasteiger partial charge in [0.25, 0.3) is 0 Å². The highest BCUT2D eigenvalue weighted by molar-refractivity contribution is 7.10. The Labute approximate surface area is 160 Å². The number of rotatable bonds is 5. The lowest BCUT2D eigenvalue weighted by atomic mass is 9.87. The third-order valence-corrected chi connectivity index (χ3v) is 6.68. The molecule has 0 radical (unpaired) electrons. The molecule has 0 spiro atoms. The second-order valence-electron chi connectivity index (χ2n) is 7.53. The number of nitrogens with one attached hydrogen (secondary N) is 2. The number of hydrogen-bond acceptors (Lipinski definition) is 3. The molecular formula is C20H31N3O2S. The van der Waals surface area contributed by atoms with Gasteiger partial charge in [-0.1, -0.05) is 32.3 Å². The molecule has 1 aliphatic heterocycles. The van der Waals surface area contributed by atoms with Crippen molar-refractivity contribution in [3.63, 3.8) is 0 Å². The van der Waals surface area contributed by atoms with Crippen molar-refractivity contribution in [2.75, 3.05) is 13.1 Å². The molecule has 5 nitrogen and oxygen atoms in total. The van der Waals surface area contributed by atoms with Crippen LogP contribution in [0.15, 0.2) is 17.5 Å². The van der Waals surface area contributed by atoms with Crippen molar-refractivity contribution < 1.29 is 9.59 Å². The van der Waals surface area contributed by atoms with Crippen LogP contribution in [0.3, 0.4) is 0 Å². The number of nitrogens with zero attached hydrogens (tertiary/aromatic N) is 1. The first-order chi connectivity index (χ1) is 12.7. The van der Waals surface area contributed by atoms with Crippen LogP contribution in [-0.2, 0) is 4.79 Å². The Morgan fingerprint density at radius 1 is 1.19 bits per heavy atom. The molecule has 6 heteroatoms. The van der Waals surface area contributed by atoms with Gasteiger partial charge in [0, 0.05) is 29.9 Å². The minimum absolute atomic E-state index is 0.0722. The predicted octanol–water partition coefficient (Wildman–Crippen LogP) is 4.07. The number of amides is 3. The largest absolute Gasteiger partial charge is 0.342 e. The van der Waals surface area contributed by atoms with Gasteiger partial charge in [0.15, 0.2) is 0 Å². The van der Waals surface area contributed by atoms with Gasteiger partial charge in [-0.3, -0.25) is 4.79 Å². The lowest BCUT2D eigenvalue weighted by Gasteiger charge is -2.35. The van der Waals surface area contributed by atoms with Gasteiger partial charge in [-0.05, 0) is 43.6 Å². The molecule has 3 amide bonds. The Kier molecular flexibility index (Phi) is 6.94. The number of piperidine rings is 1. The van der Waals surface area contributed by atoms with E-state index < -0.39 is 0 Å². The molecule has 26 heavy (non-hydrogen) atoms. The van der Waals surface area contributed by atoms with E-state index in [1.54, 1.807) is 11.3 Å². The maximum Gasteiger partial charge on any atom is 0.315 e. The molecule has 1 aliphatic carbocycles. The maximum atomic E-state index is 12.6. The van der Waals surface area contributed by atoms with Gasteiger partial charge < -0.3 is 15.5 Å². The number of carbonyl (C=O) groups excluding carboxylic acids is 2. The first-order valence-electron chi connectivity index (χ1n) is 10.1. The molecule has 0 unspecified atom stereocenters. The van der Waals surface area contributed by atoms with Gasteiger partial charge in [-0.25, -0.2) is 4.79 Å². The zero-order valence-corrected chi connectivity index (χ0v) is 16.5. The number of urea groups is 1. The molecule has 0 bridgehead atoms. The van der Waals surface area contributed by atoms with Crippen LogP contribution in [-0.4, -0.2) is 36.0 Å². The van der Waals surface area contributed by atoms with Crippen molar-refractivity contribution in [3.05, 3.63) is 22.4 Å². The molecule has 2 N–H and O–H groups in total. The zero-order valence-electron chi connectivity index (χ0n) is 15.7. The first kappa shape index (κ1) is 19.2. The van der Waals surface area contributed by atoms with Crippen molar-refractivity contribution >= 4 is 23.3 Å². The molecule has 1 aromatic heterocycles. The van der Waals surface area contributed by atoms with Crippen molar-refractivity contribution in [3.8, 4) is 0 Å². The molecule has 2 fully saturated rings. The lowest BCUT2D eigenvalue weighted by Crippen LogP contribution is -2.50. The topological polar surface area (TPSA) is 61.4 Å². The summed E-state index contributed by atoms with van der Waals surface area (Å²) in [6.45, 7) is 3.62. The quantitative estimate of drug-likeness (QED) is 0.812. The van der Waals surface area contributed by atoms with Crippen LogP contribution in [0.5, 0.6) is 0 Å². The van der Waals surface area contributed by atoms with E-state index in [4.69, 9.17) is 0 Å². The van der Waals surface area contributed by atoms with E-state index >= 15 is 0 Å². The molecule has 2 heterocycles. The average molecular weight is 378 g/mol. The highest BCUT2D eigenvalue weighted by Crippen LogP contribution is 2.26. The second kappa shape index (κ2) is 9.40. The molecular weight excluding hydrogens is 346 g/mol. The van der Waals surface area contributed by atoms with Crippen molar-refractivity contribution in [2.24, 2.45) is 5.92 Å². The molecule has 1 saturated heterocycles. The van der Waals surface area contributed by atoms with E-state index in [0.29, 0.717) is 5.91 Å². The third-order valence-electron chi connectivity index (χ3n) is 5.70. The summed E-state index contributed by atoms with van der Waals surface area (Å²) in [5.74, 6) is 0.587. The molecule has 1 atom stereocenters. The Balaban J connectivity index is 1.42. The third kappa shape index (κ3) is 5.00. The Morgan fingerprint density at radius 3 is 2.54 bits per heavy atom. The maximum absolute atomic E-state index is 12.6. The minimum Gasteiger partial charge on any atom is -0.342 e. The van der Waals surface area contributed by atoms with Gasteiger partial charge in [-0.15, -0.1) is 11.3 Å². The standard InChI is InChI=1S/C20H31N3O2S/c1-2-17(18-9-6-14-26-18)22-20(25)21-16-10-12-23(13-11-16)19(24)15-7-4-3-5-8-15/h6,9,14-17H,2-5,7-8,10-13H2,1H3,(H2,21,22,25)/t17-/m1/s1. The molecule has 3 rings (SSSR count). The summed E-state index contributed by atoms with van der Waals surface area (Å²) < 4.78 is 0. The molecule has 1 saturated carbocycles. The van der Waals surface area contributed by atoms with Gasteiger partial charge in [0.05, 0.1) is 6.04 Å². The van der Waals surface area contributed by atoms with Crippen LogP contribution in [0.25, 0.3) is 0 Å². The highest BCUT2D eigenvalue weighted by atomic mass is 32.1. The van der Waals surface area contributed by atoms with Crippen LogP contribution in [0.2, 0.25) is 0 Å². The van der Waals surface area contributed by atoms with Gasteiger partial charge in [0.2, 0.25) is 5.91 Å². The van der Waals surface area contributed by atoms with E-state index in [0.717, 1.165) is 45.2 Å². The smallest absolute Gasteiger partial charge is 0.315 e. The van der Waals surface area contributed by atoms with Crippen LogP contribution < -0.4 is 10.6 Å². The second-order valence-corrected chi connectivity index (χ2v) is 8.51. The van der Waals surface area contributed by atoms with E-state index in [-0.39, 0.29) is 24.0 Å². The van der Waals surface area contributed by atoms with E-state index in [1.807, 2.05) is 16.3 Å². The minimum atomic E-state index is -0.0951. The summed E-state index contributed by atoms with van der Waals surface area (Å²) in [6.07, 6.45) is 8.34. The summed E-state index contributed by atoms with van der Waals surface area (Å²) in [6, 6.07) is 4.21. The van der Waals surface area contributed by atoms with Gasteiger partial charge in [-0.2, -0.15) is 0 Å². The van der Waals surface area contributed by atoms with Crippen molar-refractivity contribution in [1.29, 1.82) is 0 Å². The average Bonchev–Trinajstić information content (AvgIpc) is 3.21. The predicted molar refractivity (Wildman–Crippen MR) is 105 cm³/mol. The van der Waals surface area contributed by atoms with Crippen LogP contribution >= 0.6 is 11.3 Å². The fourth-order valence-electron chi connectivity index (χ4n) is 4.10. The Hall–Kier alpha value is -1.56. The van der Waals surface area contributed by atoms with Crippen molar-refractivity contribution in [2.45, 2.75) is 70.4 Å². The van der Waals surface area contributed by atoms with E-state index in [1.165, 1.54) is 24.1 Å². The zero-order chi connectivity index (χ0) is 18.4. The van der Waals surface area contributed by atoms with Crippen LogP contribution in [0, 0.1) is 5.92 Å². The van der Waals surface area contributed by atoms with E-state index in [9.17, 15) is 9.59 Å². The summed E-state index contributed by atoms with van der Waals surface area (Å²) >= 11 is 1.67. The summed E-state index contributed by atoms with van der Waals surface area (Å²) in [7, 11) is 0.